The molecule has 102 valence electrons. The molecule has 0 aromatic heterocycles. The summed E-state index contributed by atoms with van der Waals surface area (Å²) < 4.78 is 5.55. The predicted molar refractivity (Wildman–Crippen MR) is 70.4 cm³/mol. The van der Waals surface area contributed by atoms with Crippen molar-refractivity contribution in [3.63, 3.8) is 0 Å². The Labute approximate surface area is 108 Å². The molecule has 18 heavy (non-hydrogen) atoms. The smallest absolute Gasteiger partial charge is 0.242 e. The van der Waals surface area contributed by atoms with Gasteiger partial charge in [0.15, 0.2) is 0 Å². The molecule has 0 radical (unpaired) electrons. The molecule has 0 aromatic rings. The molecule has 6 nitrogen and oxygen atoms in total. The van der Waals surface area contributed by atoms with Crippen LogP contribution in [0.25, 0.3) is 0 Å². The monoisotopic (exact) mass is 254 g/mol. The molecule has 0 aliphatic carbocycles. The molecule has 1 aliphatic heterocycles. The molecule has 0 saturated carbocycles. The van der Waals surface area contributed by atoms with Crippen molar-refractivity contribution in [1.82, 2.24) is 10.2 Å². The van der Waals surface area contributed by atoms with E-state index < -0.39 is 0 Å². The van der Waals surface area contributed by atoms with Crippen molar-refractivity contribution in [1.29, 1.82) is 0 Å². The number of nitrogens with one attached hydrogen (secondary N) is 1. The van der Waals surface area contributed by atoms with Gasteiger partial charge in [-0.2, -0.15) is 0 Å². The number of ether oxygens (including phenoxy) is 1. The maximum Gasteiger partial charge on any atom is 0.242 e. The average molecular weight is 254 g/mol. The number of carbonyl (C=O) groups is 1. The fraction of sp³-hybridized carbons (Fsp3) is 0.583. The van der Waals surface area contributed by atoms with Gasteiger partial charge in [0, 0.05) is 12.2 Å². The third kappa shape index (κ3) is 3.75. The Bertz CT molecular complexity index is 341. The van der Waals surface area contributed by atoms with Crippen LogP contribution in [0.4, 0.5) is 0 Å². The van der Waals surface area contributed by atoms with E-state index in [9.17, 15) is 4.79 Å². The topological polar surface area (TPSA) is 93.6 Å². The quantitative estimate of drug-likeness (QED) is 0.567. The molecule has 1 rings (SSSR count). The zero-order chi connectivity index (χ0) is 13.5. The first-order chi connectivity index (χ1) is 8.60. The Morgan fingerprint density at radius 1 is 1.67 bits per heavy atom. The molecule has 0 bridgehead atoms. The summed E-state index contributed by atoms with van der Waals surface area (Å²) in [5, 5.41) is 2.98. The van der Waals surface area contributed by atoms with Gasteiger partial charge >= 0.3 is 0 Å². The highest BCUT2D eigenvalue weighted by Crippen LogP contribution is 2.09. The Morgan fingerprint density at radius 2 is 2.39 bits per heavy atom. The van der Waals surface area contributed by atoms with E-state index in [-0.39, 0.29) is 18.1 Å². The number of hydrogen-bond donors (Lipinski definition) is 3. The molecule has 1 saturated heterocycles. The Morgan fingerprint density at radius 3 is 3.00 bits per heavy atom. The van der Waals surface area contributed by atoms with Crippen LogP contribution in [0, 0.1) is 0 Å². The van der Waals surface area contributed by atoms with Crippen LogP contribution in [0.3, 0.4) is 0 Å². The molecule has 0 aromatic carbocycles. The van der Waals surface area contributed by atoms with E-state index in [2.05, 4.69) is 5.32 Å². The van der Waals surface area contributed by atoms with Crippen molar-refractivity contribution in [2.75, 3.05) is 26.7 Å². The van der Waals surface area contributed by atoms with Gasteiger partial charge < -0.3 is 26.4 Å². The molecular formula is C12H22N4O2. The number of rotatable bonds is 4. The van der Waals surface area contributed by atoms with Crippen LogP contribution in [-0.2, 0) is 9.53 Å². The van der Waals surface area contributed by atoms with Crippen LogP contribution < -0.4 is 16.8 Å². The first kappa shape index (κ1) is 14.5. The number of likely N-dealkylation sites (N-methyl/N-ethyl adjacent to an activating group) is 1. The second-order valence-electron chi connectivity index (χ2n) is 4.23. The summed E-state index contributed by atoms with van der Waals surface area (Å²) in [7, 11) is 1.75. The second kappa shape index (κ2) is 7.03. The summed E-state index contributed by atoms with van der Waals surface area (Å²) in [5.74, 6) is 0.00979. The maximum atomic E-state index is 12.3. The number of nitrogens with zero attached hydrogens (tertiary/aromatic N) is 1. The molecular weight excluding hydrogens is 232 g/mol. The second-order valence-corrected chi connectivity index (χ2v) is 4.23. The highest BCUT2D eigenvalue weighted by atomic mass is 16.5. The van der Waals surface area contributed by atoms with Crippen molar-refractivity contribution in [3.8, 4) is 0 Å². The van der Waals surface area contributed by atoms with Crippen LogP contribution in [0.1, 0.15) is 6.92 Å². The number of carbonyl (C=O) groups excluding carboxylic acids is 1. The van der Waals surface area contributed by atoms with Crippen LogP contribution >= 0.6 is 0 Å². The van der Waals surface area contributed by atoms with Gasteiger partial charge in [-0.1, -0.05) is 0 Å². The zero-order valence-corrected chi connectivity index (χ0v) is 10.9. The minimum atomic E-state index is -0.328. The Balaban J connectivity index is 2.72. The van der Waals surface area contributed by atoms with Gasteiger partial charge in [0.05, 0.1) is 19.3 Å². The lowest BCUT2D eigenvalue weighted by Gasteiger charge is -2.25. The lowest BCUT2D eigenvalue weighted by molar-refractivity contribution is -0.133. The third-order valence-electron chi connectivity index (χ3n) is 2.89. The van der Waals surface area contributed by atoms with E-state index in [4.69, 9.17) is 16.2 Å². The summed E-state index contributed by atoms with van der Waals surface area (Å²) in [6.45, 7) is 3.34. The largest absolute Gasteiger partial charge is 0.405 e. The summed E-state index contributed by atoms with van der Waals surface area (Å²) in [4.78, 5) is 13.9. The maximum absolute atomic E-state index is 12.3. The fourth-order valence-electron chi connectivity index (χ4n) is 1.92. The molecule has 0 spiro atoms. The van der Waals surface area contributed by atoms with E-state index in [0.717, 1.165) is 0 Å². The standard InChI is InChI=1S/C12H22N4O2/c1-9-11(15-2)12(17)16(6-7-18-9)8-10(14)4-3-5-13/h3-5,9,11,15H,6-8,13-14H2,1-2H3. The minimum Gasteiger partial charge on any atom is -0.405 e. The van der Waals surface area contributed by atoms with Crippen molar-refractivity contribution in [2.24, 2.45) is 11.5 Å². The van der Waals surface area contributed by atoms with E-state index in [0.29, 0.717) is 25.4 Å². The van der Waals surface area contributed by atoms with Crippen LogP contribution in [0.15, 0.2) is 24.0 Å². The Hall–Kier alpha value is -1.53. The highest BCUT2D eigenvalue weighted by molar-refractivity contribution is 5.83. The molecule has 1 heterocycles. The van der Waals surface area contributed by atoms with Gasteiger partial charge in [-0.25, -0.2) is 0 Å². The summed E-state index contributed by atoms with van der Waals surface area (Å²) in [6.07, 6.45) is 4.60. The lowest BCUT2D eigenvalue weighted by Crippen LogP contribution is -2.49. The molecule has 2 atom stereocenters. The van der Waals surface area contributed by atoms with Crippen molar-refractivity contribution in [3.05, 3.63) is 24.0 Å². The highest BCUT2D eigenvalue weighted by Gasteiger charge is 2.31. The number of nitrogens with two attached hydrogens (primary N) is 2. The molecule has 1 amide bonds. The molecule has 1 fully saturated rings. The minimum absolute atomic E-state index is 0.00979. The van der Waals surface area contributed by atoms with Crippen LogP contribution in [-0.4, -0.2) is 49.7 Å². The molecule has 6 heteroatoms. The predicted octanol–water partition coefficient (Wildman–Crippen LogP) is -0.863. The van der Waals surface area contributed by atoms with Gasteiger partial charge in [-0.05, 0) is 32.3 Å². The van der Waals surface area contributed by atoms with Gasteiger partial charge in [0.2, 0.25) is 5.91 Å². The first-order valence-corrected chi connectivity index (χ1v) is 6.00. The van der Waals surface area contributed by atoms with E-state index in [1.54, 1.807) is 24.1 Å². The molecule has 1 aliphatic rings. The summed E-state index contributed by atoms with van der Waals surface area (Å²) >= 11 is 0. The van der Waals surface area contributed by atoms with Crippen LogP contribution in [0.2, 0.25) is 0 Å². The molecule has 2 unspecified atom stereocenters. The first-order valence-electron chi connectivity index (χ1n) is 6.00. The van der Waals surface area contributed by atoms with Crippen molar-refractivity contribution < 1.29 is 9.53 Å². The van der Waals surface area contributed by atoms with Gasteiger partial charge in [0.1, 0.15) is 6.04 Å². The van der Waals surface area contributed by atoms with Crippen LogP contribution in [0.5, 0.6) is 0 Å². The lowest BCUT2D eigenvalue weighted by atomic mass is 10.1. The third-order valence-corrected chi connectivity index (χ3v) is 2.89. The van der Waals surface area contributed by atoms with E-state index in [1.165, 1.54) is 6.20 Å². The molecule has 5 N–H and O–H groups in total. The van der Waals surface area contributed by atoms with Gasteiger partial charge in [0.25, 0.3) is 0 Å². The summed E-state index contributed by atoms with van der Waals surface area (Å²) in [6, 6.07) is -0.328. The SMILES string of the molecule is CNC1C(=O)N(CC(N)=CC=CN)CCOC1C. The zero-order valence-electron chi connectivity index (χ0n) is 10.9. The normalized spacial score (nSPS) is 26.7. The van der Waals surface area contributed by atoms with Gasteiger partial charge in [-0.3, -0.25) is 4.79 Å². The number of hydrogen-bond acceptors (Lipinski definition) is 5. The van der Waals surface area contributed by atoms with Gasteiger partial charge in [-0.15, -0.1) is 0 Å². The van der Waals surface area contributed by atoms with E-state index in [1.807, 2.05) is 6.92 Å². The summed E-state index contributed by atoms with van der Waals surface area (Å²) in [5.41, 5.74) is 11.6. The van der Waals surface area contributed by atoms with E-state index >= 15 is 0 Å². The number of amides is 1. The fourth-order valence-corrected chi connectivity index (χ4v) is 1.92. The van der Waals surface area contributed by atoms with Crippen molar-refractivity contribution in [2.45, 2.75) is 19.1 Å². The number of allylic oxidation sites excluding steroid dienone is 2. The Kier molecular flexibility index (Phi) is 5.67. The average Bonchev–Trinajstić information content (AvgIpc) is 2.47. The van der Waals surface area contributed by atoms with Crippen molar-refractivity contribution >= 4 is 5.91 Å².